The summed E-state index contributed by atoms with van der Waals surface area (Å²) < 4.78 is 5.44. The number of ether oxygens (including phenoxy) is 1. The molecule has 1 aliphatic rings. The van der Waals surface area contributed by atoms with Crippen LogP contribution < -0.4 is 0 Å². The maximum absolute atomic E-state index is 9.95. The predicted molar refractivity (Wildman–Crippen MR) is 47.7 cm³/mol. The first-order valence-electron chi connectivity index (χ1n) is 4.47. The van der Waals surface area contributed by atoms with Gasteiger partial charge in [-0.15, -0.1) is 12.3 Å². The number of terminal acetylenes is 1. The molecule has 1 saturated heterocycles. The molecule has 0 aromatic carbocycles. The summed E-state index contributed by atoms with van der Waals surface area (Å²) in [5, 5.41) is 9.95. The number of hydrogen-bond donors (Lipinski definition) is 1. The lowest BCUT2D eigenvalue weighted by molar-refractivity contribution is -0.101. The van der Waals surface area contributed by atoms with E-state index in [1.54, 1.807) is 0 Å². The molecule has 0 aliphatic carbocycles. The quantitative estimate of drug-likeness (QED) is 0.630. The molecule has 12 heavy (non-hydrogen) atoms. The van der Waals surface area contributed by atoms with Crippen LogP contribution in [-0.2, 0) is 4.74 Å². The van der Waals surface area contributed by atoms with Gasteiger partial charge in [0, 0.05) is 25.9 Å². The average molecular weight is 168 g/mol. The average Bonchev–Trinajstić information content (AvgIpc) is 2.04. The van der Waals surface area contributed by atoms with Crippen LogP contribution in [0.2, 0.25) is 0 Å². The Bertz CT molecular complexity index is 183. The Labute approximate surface area is 73.9 Å². The SMILES string of the molecule is C#CCC1(O)CCOC(CC)C1. The van der Waals surface area contributed by atoms with Gasteiger partial charge in [0.05, 0.1) is 11.7 Å². The molecule has 1 fully saturated rings. The molecule has 0 radical (unpaired) electrons. The summed E-state index contributed by atoms with van der Waals surface area (Å²) in [6.07, 6.45) is 8.14. The van der Waals surface area contributed by atoms with Gasteiger partial charge in [0.25, 0.3) is 0 Å². The highest BCUT2D eigenvalue weighted by Gasteiger charge is 2.33. The van der Waals surface area contributed by atoms with E-state index in [9.17, 15) is 5.11 Å². The maximum atomic E-state index is 9.95. The summed E-state index contributed by atoms with van der Waals surface area (Å²) in [5.74, 6) is 2.52. The molecule has 1 heterocycles. The van der Waals surface area contributed by atoms with Gasteiger partial charge >= 0.3 is 0 Å². The molecule has 2 atom stereocenters. The second-order valence-electron chi connectivity index (χ2n) is 3.46. The first-order valence-corrected chi connectivity index (χ1v) is 4.47. The van der Waals surface area contributed by atoms with Crippen LogP contribution in [0, 0.1) is 12.3 Å². The van der Waals surface area contributed by atoms with E-state index in [1.807, 2.05) is 0 Å². The molecule has 1 N–H and O–H groups in total. The van der Waals surface area contributed by atoms with Crippen molar-refractivity contribution in [3.63, 3.8) is 0 Å². The van der Waals surface area contributed by atoms with Gasteiger partial charge in [-0.2, -0.15) is 0 Å². The minimum Gasteiger partial charge on any atom is -0.389 e. The fraction of sp³-hybridized carbons (Fsp3) is 0.800. The van der Waals surface area contributed by atoms with Crippen LogP contribution in [-0.4, -0.2) is 23.4 Å². The number of hydrogen-bond acceptors (Lipinski definition) is 2. The van der Waals surface area contributed by atoms with Gasteiger partial charge in [0.2, 0.25) is 0 Å². The Kier molecular flexibility index (Phi) is 3.13. The lowest BCUT2D eigenvalue weighted by Crippen LogP contribution is -2.40. The second kappa shape index (κ2) is 3.93. The van der Waals surface area contributed by atoms with E-state index in [0.29, 0.717) is 25.9 Å². The molecule has 1 aliphatic heterocycles. The molecule has 2 nitrogen and oxygen atoms in total. The number of rotatable bonds is 2. The van der Waals surface area contributed by atoms with Crippen molar-refractivity contribution in [1.29, 1.82) is 0 Å². The highest BCUT2D eigenvalue weighted by Crippen LogP contribution is 2.28. The molecule has 0 amide bonds. The van der Waals surface area contributed by atoms with Crippen LogP contribution in [0.1, 0.15) is 32.6 Å². The highest BCUT2D eigenvalue weighted by molar-refractivity contribution is 4.97. The molecule has 0 aromatic heterocycles. The lowest BCUT2D eigenvalue weighted by atomic mass is 9.87. The molecule has 0 saturated carbocycles. The maximum Gasteiger partial charge on any atom is 0.0802 e. The number of aliphatic hydroxyl groups is 1. The van der Waals surface area contributed by atoms with E-state index in [1.165, 1.54) is 0 Å². The molecule has 1 rings (SSSR count). The molecular weight excluding hydrogens is 152 g/mol. The molecular formula is C10H16O2. The second-order valence-corrected chi connectivity index (χ2v) is 3.46. The van der Waals surface area contributed by atoms with Crippen LogP contribution in [0.5, 0.6) is 0 Å². The van der Waals surface area contributed by atoms with E-state index >= 15 is 0 Å². The zero-order chi connectivity index (χ0) is 9.03. The predicted octanol–water partition coefficient (Wildman–Crippen LogP) is 1.33. The summed E-state index contributed by atoms with van der Waals surface area (Å²) in [4.78, 5) is 0. The van der Waals surface area contributed by atoms with Gasteiger partial charge in [-0.25, -0.2) is 0 Å². The molecule has 0 aromatic rings. The standard InChI is InChI=1S/C10H16O2/c1-3-5-10(11)6-7-12-9(4-2)8-10/h1,9,11H,4-8H2,2H3. The van der Waals surface area contributed by atoms with E-state index in [4.69, 9.17) is 11.2 Å². The van der Waals surface area contributed by atoms with Crippen molar-refractivity contribution in [2.75, 3.05) is 6.61 Å². The zero-order valence-corrected chi connectivity index (χ0v) is 7.55. The van der Waals surface area contributed by atoms with Crippen LogP contribution >= 0.6 is 0 Å². The van der Waals surface area contributed by atoms with Crippen molar-refractivity contribution in [3.8, 4) is 12.3 Å². The Morgan fingerprint density at radius 3 is 3.08 bits per heavy atom. The van der Waals surface area contributed by atoms with Gasteiger partial charge in [-0.05, 0) is 6.42 Å². The molecule has 0 spiro atoms. The fourth-order valence-corrected chi connectivity index (χ4v) is 1.61. The van der Waals surface area contributed by atoms with Crippen molar-refractivity contribution in [1.82, 2.24) is 0 Å². The fourth-order valence-electron chi connectivity index (χ4n) is 1.61. The van der Waals surface area contributed by atoms with Gasteiger partial charge in [0.15, 0.2) is 0 Å². The van der Waals surface area contributed by atoms with E-state index < -0.39 is 5.60 Å². The Hall–Kier alpha value is -0.520. The minimum absolute atomic E-state index is 0.192. The van der Waals surface area contributed by atoms with E-state index in [2.05, 4.69) is 12.8 Å². The zero-order valence-electron chi connectivity index (χ0n) is 7.55. The third-order valence-electron chi connectivity index (χ3n) is 2.42. The summed E-state index contributed by atoms with van der Waals surface area (Å²) in [6.45, 7) is 2.70. The summed E-state index contributed by atoms with van der Waals surface area (Å²) in [6, 6.07) is 0. The normalized spacial score (nSPS) is 35.9. The summed E-state index contributed by atoms with van der Waals surface area (Å²) in [5.41, 5.74) is -0.659. The highest BCUT2D eigenvalue weighted by atomic mass is 16.5. The monoisotopic (exact) mass is 168 g/mol. The van der Waals surface area contributed by atoms with Gasteiger partial charge in [0.1, 0.15) is 0 Å². The van der Waals surface area contributed by atoms with Crippen LogP contribution in [0.3, 0.4) is 0 Å². The molecule has 0 bridgehead atoms. The van der Waals surface area contributed by atoms with Gasteiger partial charge in [-0.3, -0.25) is 0 Å². The third kappa shape index (κ3) is 2.23. The van der Waals surface area contributed by atoms with Crippen LogP contribution in [0.15, 0.2) is 0 Å². The van der Waals surface area contributed by atoms with E-state index in [-0.39, 0.29) is 6.10 Å². The summed E-state index contributed by atoms with van der Waals surface area (Å²) >= 11 is 0. The molecule has 68 valence electrons. The summed E-state index contributed by atoms with van der Waals surface area (Å²) in [7, 11) is 0. The Morgan fingerprint density at radius 2 is 2.50 bits per heavy atom. The Morgan fingerprint density at radius 1 is 1.75 bits per heavy atom. The topological polar surface area (TPSA) is 29.5 Å². The van der Waals surface area contributed by atoms with Gasteiger partial charge < -0.3 is 9.84 Å². The smallest absolute Gasteiger partial charge is 0.0802 e. The van der Waals surface area contributed by atoms with E-state index in [0.717, 1.165) is 6.42 Å². The van der Waals surface area contributed by atoms with Gasteiger partial charge in [-0.1, -0.05) is 6.92 Å². The van der Waals surface area contributed by atoms with Crippen molar-refractivity contribution < 1.29 is 9.84 Å². The van der Waals surface area contributed by atoms with Crippen molar-refractivity contribution in [2.24, 2.45) is 0 Å². The largest absolute Gasteiger partial charge is 0.389 e. The first-order chi connectivity index (χ1) is 5.70. The minimum atomic E-state index is -0.659. The van der Waals surface area contributed by atoms with Crippen molar-refractivity contribution in [2.45, 2.75) is 44.3 Å². The van der Waals surface area contributed by atoms with Crippen LogP contribution in [0.25, 0.3) is 0 Å². The molecule has 2 unspecified atom stereocenters. The lowest BCUT2D eigenvalue weighted by Gasteiger charge is -2.35. The van der Waals surface area contributed by atoms with Crippen LogP contribution in [0.4, 0.5) is 0 Å². The molecule has 2 heteroatoms. The van der Waals surface area contributed by atoms with Crippen molar-refractivity contribution in [3.05, 3.63) is 0 Å². The third-order valence-corrected chi connectivity index (χ3v) is 2.42. The Balaban J connectivity index is 2.49. The van der Waals surface area contributed by atoms with Crippen molar-refractivity contribution >= 4 is 0 Å². The first kappa shape index (κ1) is 9.57.